The highest BCUT2D eigenvalue weighted by Gasteiger charge is 2.23. The van der Waals surface area contributed by atoms with Gasteiger partial charge in [-0.25, -0.2) is 9.78 Å². The summed E-state index contributed by atoms with van der Waals surface area (Å²) in [5, 5.41) is 25.1. The maximum Gasteiger partial charge on any atom is 0.336 e. The van der Waals surface area contributed by atoms with Crippen molar-refractivity contribution in [3.8, 4) is 0 Å². The minimum Gasteiger partial charge on any atom is -0.478 e. The van der Waals surface area contributed by atoms with Gasteiger partial charge in [-0.2, -0.15) is 0 Å². The van der Waals surface area contributed by atoms with Gasteiger partial charge >= 0.3 is 5.97 Å². The average Bonchev–Trinajstić information content (AvgIpc) is 3.01. The third-order valence-corrected chi connectivity index (χ3v) is 7.76. The Balaban J connectivity index is 1.45. The van der Waals surface area contributed by atoms with Gasteiger partial charge in [-0.15, -0.1) is 0 Å². The van der Waals surface area contributed by atoms with Crippen LogP contribution in [0, 0.1) is 0 Å². The van der Waals surface area contributed by atoms with Crippen LogP contribution < -0.4 is 5.32 Å². The summed E-state index contributed by atoms with van der Waals surface area (Å²) in [6.07, 6.45) is 4.99. The second kappa shape index (κ2) is 13.2. The number of rotatable bonds is 10. The van der Waals surface area contributed by atoms with Crippen LogP contribution in [0.15, 0.2) is 103 Å². The van der Waals surface area contributed by atoms with E-state index in [-0.39, 0.29) is 11.1 Å². The van der Waals surface area contributed by atoms with Crippen molar-refractivity contribution in [1.29, 1.82) is 0 Å². The van der Waals surface area contributed by atoms with Gasteiger partial charge in [-0.3, -0.25) is 4.79 Å². The lowest BCUT2D eigenvalue weighted by Gasteiger charge is -2.24. The van der Waals surface area contributed by atoms with E-state index in [4.69, 9.17) is 16.6 Å². The van der Waals surface area contributed by atoms with E-state index in [9.17, 15) is 19.8 Å². The first-order valence-electron chi connectivity index (χ1n) is 14.4. The number of pyridine rings is 1. The van der Waals surface area contributed by atoms with E-state index >= 15 is 0 Å². The molecule has 0 saturated heterocycles. The number of aryl methyl sites for hydroxylation is 1. The Kier molecular flexibility index (Phi) is 9.23. The molecular formula is C37H33ClN2O4. The first-order valence-corrected chi connectivity index (χ1v) is 14.7. The number of carbonyl (C=O) groups is 2. The molecule has 1 unspecified atom stereocenters. The third kappa shape index (κ3) is 7.40. The molecule has 1 heterocycles. The highest BCUT2D eigenvalue weighted by molar-refractivity contribution is 6.31. The van der Waals surface area contributed by atoms with E-state index in [1.54, 1.807) is 26.0 Å². The SMILES string of the molecule is CC(C)(O)c1ccccc1CCC(NC(=O)c1ccccc1C(=O)O)c1cccc(/C=C/c2ccc3ccc(Cl)cc3n2)c1. The molecule has 1 amide bonds. The standard InChI is InChI=1S/C37H33ClN2O4/c1-37(2,44)32-13-6-3-9-25(32)17-21-33(40-35(41)30-11-4-5-12-31(30)36(42)43)27-10-7-8-24(22-27)14-19-29-20-16-26-15-18-28(38)23-34(26)39-29/h3-16,18-20,22-23,33,44H,17,21H2,1-2H3,(H,40,41)(H,42,43)/b19-14+. The zero-order valence-corrected chi connectivity index (χ0v) is 25.3. The van der Waals surface area contributed by atoms with E-state index < -0.39 is 23.5 Å². The van der Waals surface area contributed by atoms with Crippen LogP contribution in [-0.4, -0.2) is 27.1 Å². The molecule has 5 rings (SSSR count). The molecule has 222 valence electrons. The first kappa shape index (κ1) is 30.7. The van der Waals surface area contributed by atoms with E-state index in [2.05, 4.69) is 5.32 Å². The minimum absolute atomic E-state index is 0.0583. The minimum atomic E-state index is -1.16. The summed E-state index contributed by atoms with van der Waals surface area (Å²) < 4.78 is 0. The van der Waals surface area contributed by atoms with Crippen molar-refractivity contribution >= 4 is 46.5 Å². The summed E-state index contributed by atoms with van der Waals surface area (Å²) in [4.78, 5) is 30.0. The van der Waals surface area contributed by atoms with Gasteiger partial charge in [0.25, 0.3) is 5.91 Å². The smallest absolute Gasteiger partial charge is 0.336 e. The highest BCUT2D eigenvalue weighted by atomic mass is 35.5. The van der Waals surface area contributed by atoms with Gasteiger partial charge in [0, 0.05) is 10.4 Å². The molecule has 0 aliphatic heterocycles. The summed E-state index contributed by atoms with van der Waals surface area (Å²) in [6, 6.07) is 30.9. The number of hydrogen-bond acceptors (Lipinski definition) is 4. The number of aliphatic hydroxyl groups is 1. The number of carbonyl (C=O) groups excluding carboxylic acids is 1. The highest BCUT2D eigenvalue weighted by Crippen LogP contribution is 2.28. The number of carboxylic acid groups (broad SMARTS) is 1. The second-order valence-corrected chi connectivity index (χ2v) is 11.6. The number of nitrogens with zero attached hydrogens (tertiary/aromatic N) is 1. The van der Waals surface area contributed by atoms with Crippen molar-refractivity contribution in [2.45, 2.75) is 38.3 Å². The van der Waals surface area contributed by atoms with Crippen LogP contribution in [-0.2, 0) is 12.0 Å². The third-order valence-electron chi connectivity index (χ3n) is 7.52. The van der Waals surface area contributed by atoms with Crippen LogP contribution in [0.5, 0.6) is 0 Å². The lowest BCUT2D eigenvalue weighted by Crippen LogP contribution is -2.30. The molecule has 0 radical (unpaired) electrons. The summed E-state index contributed by atoms with van der Waals surface area (Å²) in [5.74, 6) is -1.63. The Morgan fingerprint density at radius 1 is 0.886 bits per heavy atom. The van der Waals surface area contributed by atoms with E-state index in [0.717, 1.165) is 38.9 Å². The molecule has 0 fully saturated rings. The summed E-state index contributed by atoms with van der Waals surface area (Å²) in [5.41, 5.74) is 4.18. The van der Waals surface area contributed by atoms with Gasteiger partial charge in [-0.1, -0.05) is 84.4 Å². The van der Waals surface area contributed by atoms with Gasteiger partial charge in [0.2, 0.25) is 0 Å². The fourth-order valence-electron chi connectivity index (χ4n) is 5.32. The van der Waals surface area contributed by atoms with Crippen LogP contribution >= 0.6 is 11.6 Å². The van der Waals surface area contributed by atoms with Crippen LogP contribution in [0.3, 0.4) is 0 Å². The molecular weight excluding hydrogens is 572 g/mol. The van der Waals surface area contributed by atoms with Crippen molar-refractivity contribution < 1.29 is 19.8 Å². The molecule has 5 aromatic rings. The van der Waals surface area contributed by atoms with Gasteiger partial charge in [0.1, 0.15) is 0 Å². The Bertz CT molecular complexity index is 1860. The van der Waals surface area contributed by atoms with Crippen molar-refractivity contribution in [2.24, 2.45) is 0 Å². The van der Waals surface area contributed by atoms with E-state index in [0.29, 0.717) is 17.9 Å². The summed E-state index contributed by atoms with van der Waals surface area (Å²) in [6.45, 7) is 3.51. The number of benzene rings is 4. The molecule has 4 aromatic carbocycles. The molecule has 0 spiro atoms. The van der Waals surface area contributed by atoms with Crippen molar-refractivity contribution in [3.63, 3.8) is 0 Å². The Morgan fingerprint density at radius 3 is 2.39 bits per heavy atom. The van der Waals surface area contributed by atoms with E-state index in [1.807, 2.05) is 91.0 Å². The van der Waals surface area contributed by atoms with Crippen LogP contribution in [0.1, 0.15) is 75.0 Å². The largest absolute Gasteiger partial charge is 0.478 e. The predicted octanol–water partition coefficient (Wildman–Crippen LogP) is 8.09. The maximum atomic E-state index is 13.5. The molecule has 3 N–H and O–H groups in total. The predicted molar refractivity (Wildman–Crippen MR) is 176 cm³/mol. The number of amides is 1. The molecule has 0 aliphatic rings. The van der Waals surface area contributed by atoms with Gasteiger partial charge in [-0.05, 0) is 91.4 Å². The molecule has 0 bridgehead atoms. The summed E-state index contributed by atoms with van der Waals surface area (Å²) in [7, 11) is 0. The lowest BCUT2D eigenvalue weighted by molar-refractivity contribution is 0.0690. The van der Waals surface area contributed by atoms with E-state index in [1.165, 1.54) is 12.1 Å². The van der Waals surface area contributed by atoms with Crippen molar-refractivity contribution in [1.82, 2.24) is 10.3 Å². The molecule has 44 heavy (non-hydrogen) atoms. The van der Waals surface area contributed by atoms with Crippen molar-refractivity contribution in [2.75, 3.05) is 0 Å². The normalized spacial score (nSPS) is 12.4. The molecule has 0 saturated carbocycles. The average molecular weight is 605 g/mol. The second-order valence-electron chi connectivity index (χ2n) is 11.2. The van der Waals surface area contributed by atoms with Crippen LogP contribution in [0.4, 0.5) is 0 Å². The number of hydrogen-bond donors (Lipinski definition) is 3. The molecule has 1 atom stereocenters. The fraction of sp³-hybridized carbons (Fsp3) is 0.162. The van der Waals surface area contributed by atoms with Gasteiger partial charge < -0.3 is 15.5 Å². The zero-order chi connectivity index (χ0) is 31.3. The Morgan fingerprint density at radius 2 is 1.61 bits per heavy atom. The number of carboxylic acids is 1. The quantitative estimate of drug-likeness (QED) is 0.150. The Hall–Kier alpha value is -4.78. The number of fused-ring (bicyclic) bond motifs is 1. The van der Waals surface area contributed by atoms with Crippen LogP contribution in [0.25, 0.3) is 23.1 Å². The topological polar surface area (TPSA) is 99.5 Å². The number of aromatic carboxylic acids is 1. The number of aromatic nitrogens is 1. The molecule has 6 nitrogen and oxygen atoms in total. The lowest BCUT2D eigenvalue weighted by atomic mass is 9.89. The molecule has 0 aliphatic carbocycles. The Labute approximate surface area is 261 Å². The van der Waals surface area contributed by atoms with Gasteiger partial charge in [0.15, 0.2) is 0 Å². The van der Waals surface area contributed by atoms with Crippen molar-refractivity contribution in [3.05, 3.63) is 147 Å². The molecule has 7 heteroatoms. The first-order chi connectivity index (χ1) is 21.1. The molecule has 1 aromatic heterocycles. The fourth-order valence-corrected chi connectivity index (χ4v) is 5.49. The number of halogens is 1. The van der Waals surface area contributed by atoms with Crippen LogP contribution in [0.2, 0.25) is 5.02 Å². The summed E-state index contributed by atoms with van der Waals surface area (Å²) >= 11 is 6.16. The zero-order valence-electron chi connectivity index (χ0n) is 24.5. The van der Waals surface area contributed by atoms with Gasteiger partial charge in [0.05, 0.1) is 34.0 Å². The number of nitrogens with one attached hydrogen (secondary N) is 1. The monoisotopic (exact) mass is 604 g/mol. The maximum absolute atomic E-state index is 13.5.